The molecule has 0 aromatic heterocycles. The predicted octanol–water partition coefficient (Wildman–Crippen LogP) is 1.77. The average Bonchev–Trinajstić information content (AvgIpc) is 2.40. The van der Waals surface area contributed by atoms with Gasteiger partial charge in [0.1, 0.15) is 6.04 Å². The second kappa shape index (κ2) is 6.15. The quantitative estimate of drug-likeness (QED) is 0.830. The summed E-state index contributed by atoms with van der Waals surface area (Å²) in [7, 11) is 0.293. The third-order valence-electron chi connectivity index (χ3n) is 3.29. The molecule has 1 aromatic carbocycles. The Hall–Kier alpha value is -0.720. The van der Waals surface area contributed by atoms with E-state index < -0.39 is 16.8 Å². The van der Waals surface area contributed by atoms with Crippen LogP contribution in [0.1, 0.15) is 18.5 Å². The standard InChI is InChI=1S/C13H16BrNO3S/c1-8-12(9-4-3-5-10(14)6-9)15-11(7-19(8)17)13(16)18-2/h3-6,8,11-12,15H,7H2,1-2H3. The van der Waals surface area contributed by atoms with Gasteiger partial charge in [0, 0.05) is 21.3 Å². The molecule has 1 aliphatic rings. The van der Waals surface area contributed by atoms with Crippen molar-refractivity contribution in [2.45, 2.75) is 24.3 Å². The molecule has 6 heteroatoms. The SMILES string of the molecule is COC(=O)C1CS(=O)C(C)C(c2cccc(Br)c2)N1. The summed E-state index contributed by atoms with van der Waals surface area (Å²) in [6.45, 7) is 1.93. The van der Waals surface area contributed by atoms with E-state index in [4.69, 9.17) is 4.74 Å². The molecule has 0 bridgehead atoms. The molecule has 1 fully saturated rings. The van der Waals surface area contributed by atoms with Crippen molar-refractivity contribution in [2.75, 3.05) is 12.9 Å². The van der Waals surface area contributed by atoms with Crippen LogP contribution in [0.3, 0.4) is 0 Å². The second-order valence-corrected chi connectivity index (χ2v) is 7.28. The number of hydrogen-bond donors (Lipinski definition) is 1. The van der Waals surface area contributed by atoms with Crippen LogP contribution in [0.2, 0.25) is 0 Å². The fourth-order valence-corrected chi connectivity index (χ4v) is 4.03. The number of rotatable bonds is 2. The van der Waals surface area contributed by atoms with Crippen molar-refractivity contribution < 1.29 is 13.7 Å². The van der Waals surface area contributed by atoms with Gasteiger partial charge >= 0.3 is 5.97 Å². The Balaban J connectivity index is 2.27. The molecule has 0 radical (unpaired) electrons. The molecule has 0 aliphatic carbocycles. The van der Waals surface area contributed by atoms with Gasteiger partial charge < -0.3 is 4.74 Å². The van der Waals surface area contributed by atoms with Gasteiger partial charge in [0.25, 0.3) is 0 Å². The number of halogens is 1. The molecule has 1 heterocycles. The van der Waals surface area contributed by atoms with Crippen molar-refractivity contribution in [1.29, 1.82) is 0 Å². The number of hydrogen-bond acceptors (Lipinski definition) is 4. The smallest absolute Gasteiger partial charge is 0.323 e. The first kappa shape index (κ1) is 14.7. The Labute approximate surface area is 123 Å². The minimum atomic E-state index is -1.05. The van der Waals surface area contributed by atoms with Gasteiger partial charge in [0.05, 0.1) is 18.1 Å². The maximum atomic E-state index is 12.1. The minimum Gasteiger partial charge on any atom is -0.468 e. The molecule has 4 nitrogen and oxygen atoms in total. The van der Waals surface area contributed by atoms with Crippen molar-refractivity contribution in [1.82, 2.24) is 5.32 Å². The zero-order valence-electron chi connectivity index (χ0n) is 10.8. The van der Waals surface area contributed by atoms with E-state index in [0.717, 1.165) is 10.0 Å². The van der Waals surface area contributed by atoms with Crippen LogP contribution in [0.15, 0.2) is 28.7 Å². The maximum Gasteiger partial charge on any atom is 0.323 e. The van der Waals surface area contributed by atoms with E-state index in [2.05, 4.69) is 21.2 Å². The highest BCUT2D eigenvalue weighted by Gasteiger charge is 2.37. The molecule has 0 amide bonds. The maximum absolute atomic E-state index is 12.1. The molecule has 0 spiro atoms. The predicted molar refractivity (Wildman–Crippen MR) is 78.3 cm³/mol. The molecule has 1 aromatic rings. The van der Waals surface area contributed by atoms with E-state index in [9.17, 15) is 9.00 Å². The summed E-state index contributed by atoms with van der Waals surface area (Å²) in [5.41, 5.74) is 1.02. The van der Waals surface area contributed by atoms with Crippen molar-refractivity contribution >= 4 is 32.7 Å². The molecule has 4 atom stereocenters. The second-order valence-electron chi connectivity index (χ2n) is 4.53. The molecule has 1 N–H and O–H groups in total. The summed E-state index contributed by atoms with van der Waals surface area (Å²) >= 11 is 3.43. The molecule has 1 saturated heterocycles. The van der Waals surface area contributed by atoms with Crippen molar-refractivity contribution in [2.24, 2.45) is 0 Å². The topological polar surface area (TPSA) is 55.4 Å². The van der Waals surface area contributed by atoms with Crippen LogP contribution in [0.4, 0.5) is 0 Å². The highest BCUT2D eigenvalue weighted by molar-refractivity contribution is 9.10. The summed E-state index contributed by atoms with van der Waals surface area (Å²) < 4.78 is 17.8. The molecule has 2 rings (SSSR count). The summed E-state index contributed by atoms with van der Waals surface area (Å²) in [6, 6.07) is 7.19. The molecule has 0 saturated carbocycles. The van der Waals surface area contributed by atoms with Gasteiger partial charge in [0.2, 0.25) is 0 Å². The lowest BCUT2D eigenvalue weighted by Crippen LogP contribution is -2.53. The van der Waals surface area contributed by atoms with Gasteiger partial charge in [-0.25, -0.2) is 0 Å². The first-order valence-corrected chi connectivity index (χ1v) is 8.17. The number of benzene rings is 1. The van der Waals surface area contributed by atoms with Gasteiger partial charge in [-0.3, -0.25) is 14.3 Å². The van der Waals surface area contributed by atoms with E-state index in [1.807, 2.05) is 31.2 Å². The molecule has 104 valence electrons. The Morgan fingerprint density at radius 2 is 2.26 bits per heavy atom. The average molecular weight is 346 g/mol. The number of esters is 1. The van der Waals surface area contributed by atoms with Crippen LogP contribution in [0.5, 0.6) is 0 Å². The number of methoxy groups -OCH3 is 1. The van der Waals surface area contributed by atoms with Gasteiger partial charge in [-0.2, -0.15) is 0 Å². The molecule has 1 aliphatic heterocycles. The van der Waals surface area contributed by atoms with Crippen molar-refractivity contribution in [3.63, 3.8) is 0 Å². The van der Waals surface area contributed by atoms with Gasteiger partial charge in [-0.15, -0.1) is 0 Å². The summed E-state index contributed by atoms with van der Waals surface area (Å²) in [6.07, 6.45) is 0. The van der Waals surface area contributed by atoms with E-state index in [0.29, 0.717) is 5.75 Å². The fraction of sp³-hybridized carbons (Fsp3) is 0.462. The van der Waals surface area contributed by atoms with Crippen LogP contribution in [-0.2, 0) is 20.3 Å². The largest absolute Gasteiger partial charge is 0.468 e. The van der Waals surface area contributed by atoms with E-state index >= 15 is 0 Å². The highest BCUT2D eigenvalue weighted by Crippen LogP contribution is 2.27. The summed E-state index contributed by atoms with van der Waals surface area (Å²) in [5, 5.41) is 3.19. The lowest BCUT2D eigenvalue weighted by Gasteiger charge is -2.34. The minimum absolute atomic E-state index is 0.0461. The number of nitrogens with one attached hydrogen (secondary N) is 1. The van der Waals surface area contributed by atoms with Crippen molar-refractivity contribution in [3.8, 4) is 0 Å². The van der Waals surface area contributed by atoms with E-state index in [-0.39, 0.29) is 17.3 Å². The lowest BCUT2D eigenvalue weighted by molar-refractivity contribution is -0.142. The van der Waals surface area contributed by atoms with E-state index in [1.54, 1.807) is 0 Å². The first-order valence-electron chi connectivity index (χ1n) is 5.99. The Bertz CT molecular complexity index is 508. The van der Waals surface area contributed by atoms with Gasteiger partial charge in [-0.05, 0) is 24.6 Å². The Morgan fingerprint density at radius 3 is 2.89 bits per heavy atom. The molecular weight excluding hydrogens is 330 g/mol. The highest BCUT2D eigenvalue weighted by atomic mass is 79.9. The number of carbonyl (C=O) groups excluding carboxylic acids is 1. The first-order chi connectivity index (χ1) is 9.02. The van der Waals surface area contributed by atoms with E-state index in [1.165, 1.54) is 7.11 Å². The lowest BCUT2D eigenvalue weighted by atomic mass is 10.0. The Morgan fingerprint density at radius 1 is 1.53 bits per heavy atom. The zero-order valence-corrected chi connectivity index (χ0v) is 13.2. The van der Waals surface area contributed by atoms with Crippen molar-refractivity contribution in [3.05, 3.63) is 34.3 Å². The van der Waals surface area contributed by atoms with Crippen LogP contribution in [-0.4, -0.2) is 34.3 Å². The van der Waals surface area contributed by atoms with Gasteiger partial charge in [-0.1, -0.05) is 28.1 Å². The van der Waals surface area contributed by atoms with Crippen LogP contribution >= 0.6 is 15.9 Å². The van der Waals surface area contributed by atoms with Gasteiger partial charge in [0.15, 0.2) is 0 Å². The number of carbonyl (C=O) groups is 1. The molecular formula is C13H16BrNO3S. The third kappa shape index (κ3) is 3.24. The third-order valence-corrected chi connectivity index (χ3v) is 5.55. The summed E-state index contributed by atoms with van der Waals surface area (Å²) in [5.74, 6) is -0.0570. The zero-order chi connectivity index (χ0) is 14.0. The fourth-order valence-electron chi connectivity index (χ4n) is 2.21. The molecule has 4 unspecified atom stereocenters. The van der Waals surface area contributed by atoms with Crippen LogP contribution in [0, 0.1) is 0 Å². The molecule has 19 heavy (non-hydrogen) atoms. The Kier molecular flexibility index (Phi) is 4.76. The number of ether oxygens (including phenoxy) is 1. The normalized spacial score (nSPS) is 30.9. The summed E-state index contributed by atoms with van der Waals surface area (Å²) in [4.78, 5) is 11.6. The van der Waals surface area contributed by atoms with Crippen LogP contribution < -0.4 is 5.32 Å². The monoisotopic (exact) mass is 345 g/mol. The van der Waals surface area contributed by atoms with Crippen LogP contribution in [0.25, 0.3) is 0 Å².